The fourth-order valence-corrected chi connectivity index (χ4v) is 5.02. The quantitative estimate of drug-likeness (QED) is 0.504. The molecule has 35 heavy (non-hydrogen) atoms. The number of carbonyl (C=O) groups is 1. The zero-order valence-electron chi connectivity index (χ0n) is 20.9. The highest BCUT2D eigenvalue weighted by Crippen LogP contribution is 2.29. The molecular weight excluding hydrogens is 445 g/mol. The Morgan fingerprint density at radius 2 is 1.94 bits per heavy atom. The van der Waals surface area contributed by atoms with E-state index >= 15 is 4.39 Å². The van der Waals surface area contributed by atoms with Crippen LogP contribution in [0.2, 0.25) is 0 Å². The Morgan fingerprint density at radius 3 is 2.66 bits per heavy atom. The molecule has 3 unspecified atom stereocenters. The Kier molecular flexibility index (Phi) is 8.63. The maximum Gasteiger partial charge on any atom is 0.258 e. The predicted octanol–water partition coefficient (Wildman–Crippen LogP) is 4.75. The molecule has 0 spiro atoms. The summed E-state index contributed by atoms with van der Waals surface area (Å²) in [5.41, 5.74) is 1.59. The first kappa shape index (κ1) is 25.5. The van der Waals surface area contributed by atoms with E-state index in [1.54, 1.807) is 43.4 Å². The van der Waals surface area contributed by atoms with Crippen LogP contribution < -0.4 is 19.9 Å². The van der Waals surface area contributed by atoms with Gasteiger partial charge in [0.05, 0.1) is 18.4 Å². The minimum absolute atomic E-state index is 0.137. The molecule has 4 rings (SSSR count). The van der Waals surface area contributed by atoms with E-state index in [1.165, 1.54) is 11.0 Å². The van der Waals surface area contributed by atoms with Gasteiger partial charge in [0.1, 0.15) is 11.6 Å². The van der Waals surface area contributed by atoms with Crippen molar-refractivity contribution in [3.05, 3.63) is 53.8 Å². The molecule has 1 aliphatic heterocycles. The summed E-state index contributed by atoms with van der Waals surface area (Å²) in [6, 6.07) is 12.4. The second-order valence-electron chi connectivity index (χ2n) is 9.78. The Hall–Kier alpha value is -2.64. The van der Waals surface area contributed by atoms with Gasteiger partial charge in [-0.05, 0) is 68.1 Å². The van der Waals surface area contributed by atoms with Crippen molar-refractivity contribution in [2.75, 3.05) is 36.5 Å². The Labute approximate surface area is 208 Å². The number of benzene rings is 2. The average Bonchev–Trinajstić information content (AvgIpc) is 3.33. The highest BCUT2D eigenvalue weighted by Gasteiger charge is 2.30. The van der Waals surface area contributed by atoms with Gasteiger partial charge in [-0.25, -0.2) is 4.39 Å². The molecule has 1 saturated heterocycles. The Morgan fingerprint density at radius 1 is 1.17 bits per heavy atom. The van der Waals surface area contributed by atoms with Crippen LogP contribution >= 0.6 is 0 Å². The zero-order chi connectivity index (χ0) is 24.8. The number of nitrogens with zero attached hydrogens (tertiary/aromatic N) is 2. The highest BCUT2D eigenvalue weighted by atomic mass is 19.1. The van der Waals surface area contributed by atoms with Crippen molar-refractivity contribution in [3.63, 3.8) is 0 Å². The summed E-state index contributed by atoms with van der Waals surface area (Å²) >= 11 is 0. The molecule has 2 aromatic carbocycles. The number of anilines is 2. The van der Waals surface area contributed by atoms with Crippen molar-refractivity contribution < 1.29 is 19.0 Å². The number of aliphatic hydroxyl groups is 1. The monoisotopic (exact) mass is 483 g/mol. The number of amides is 1. The smallest absolute Gasteiger partial charge is 0.258 e. The summed E-state index contributed by atoms with van der Waals surface area (Å²) < 4.78 is 20.8. The van der Waals surface area contributed by atoms with E-state index in [1.807, 2.05) is 4.90 Å². The van der Waals surface area contributed by atoms with Gasteiger partial charge in [-0.1, -0.05) is 26.2 Å². The molecule has 1 aliphatic carbocycles. The van der Waals surface area contributed by atoms with Crippen LogP contribution in [0.15, 0.2) is 42.5 Å². The maximum absolute atomic E-state index is 15.1. The number of halogens is 1. The van der Waals surface area contributed by atoms with Gasteiger partial charge < -0.3 is 25.0 Å². The van der Waals surface area contributed by atoms with Crippen molar-refractivity contribution in [2.45, 2.75) is 70.1 Å². The standard InChI is InChI=1S/C28H38FN3O3/c1-3-4-17-35-23-12-9-20(10-13-23)28(34)31(2)22-11-14-26(24(29)18-22)32-16-15-21(19-32)30-25-7-5-6-8-27(25)33/h9-14,18,21,25,27,30,33H,3-8,15-17,19H2,1-2H3. The fraction of sp³-hybridized carbons (Fsp3) is 0.536. The predicted molar refractivity (Wildman–Crippen MR) is 138 cm³/mol. The number of nitrogens with one attached hydrogen (secondary N) is 1. The van der Waals surface area contributed by atoms with E-state index in [9.17, 15) is 9.90 Å². The maximum atomic E-state index is 15.1. The lowest BCUT2D eigenvalue weighted by Gasteiger charge is -2.31. The van der Waals surface area contributed by atoms with E-state index < -0.39 is 0 Å². The van der Waals surface area contributed by atoms with Gasteiger partial charge in [0, 0.05) is 43.5 Å². The molecule has 6 nitrogen and oxygen atoms in total. The van der Waals surface area contributed by atoms with Crippen molar-refractivity contribution >= 4 is 17.3 Å². The molecule has 2 N–H and O–H groups in total. The van der Waals surface area contributed by atoms with Crippen molar-refractivity contribution in [3.8, 4) is 5.75 Å². The largest absolute Gasteiger partial charge is 0.494 e. The van der Waals surface area contributed by atoms with Gasteiger partial charge in [-0.3, -0.25) is 4.79 Å². The van der Waals surface area contributed by atoms with Gasteiger partial charge in [0.15, 0.2) is 0 Å². The Bertz CT molecular complexity index is 984. The van der Waals surface area contributed by atoms with Gasteiger partial charge in [0.25, 0.3) is 5.91 Å². The fourth-order valence-electron chi connectivity index (χ4n) is 5.02. The lowest BCUT2D eigenvalue weighted by atomic mass is 9.92. The van der Waals surface area contributed by atoms with E-state index in [-0.39, 0.29) is 29.9 Å². The third-order valence-corrected chi connectivity index (χ3v) is 7.20. The van der Waals surface area contributed by atoms with Crippen molar-refractivity contribution in [1.29, 1.82) is 0 Å². The molecule has 3 atom stereocenters. The molecule has 0 aromatic heterocycles. The summed E-state index contributed by atoms with van der Waals surface area (Å²) in [7, 11) is 1.66. The molecule has 7 heteroatoms. The van der Waals surface area contributed by atoms with Gasteiger partial charge in [-0.2, -0.15) is 0 Å². The van der Waals surface area contributed by atoms with Crippen LogP contribution in [0.1, 0.15) is 62.2 Å². The van der Waals surface area contributed by atoms with Crippen LogP contribution in [0.3, 0.4) is 0 Å². The van der Waals surface area contributed by atoms with Crippen molar-refractivity contribution in [1.82, 2.24) is 5.32 Å². The van der Waals surface area contributed by atoms with Crippen LogP contribution in [0.25, 0.3) is 0 Å². The normalized spacial score (nSPS) is 22.3. The lowest BCUT2D eigenvalue weighted by molar-refractivity contribution is 0.0861. The summed E-state index contributed by atoms with van der Waals surface area (Å²) in [6.07, 6.45) is 6.77. The van der Waals surface area contributed by atoms with Crippen LogP contribution in [-0.2, 0) is 0 Å². The van der Waals surface area contributed by atoms with Crippen LogP contribution in [0.5, 0.6) is 5.75 Å². The third-order valence-electron chi connectivity index (χ3n) is 7.20. The number of hydrogen-bond acceptors (Lipinski definition) is 5. The number of carbonyl (C=O) groups excluding carboxylic acids is 1. The number of hydrogen-bond donors (Lipinski definition) is 2. The van der Waals surface area contributed by atoms with Crippen molar-refractivity contribution in [2.24, 2.45) is 0 Å². The molecule has 2 fully saturated rings. The van der Waals surface area contributed by atoms with E-state index in [2.05, 4.69) is 12.2 Å². The third kappa shape index (κ3) is 6.33. The lowest BCUT2D eigenvalue weighted by Crippen LogP contribution is -2.48. The van der Waals surface area contributed by atoms with Crippen LogP contribution in [-0.4, -0.2) is 55.9 Å². The molecule has 0 bridgehead atoms. The number of unbranched alkanes of at least 4 members (excludes halogenated alkanes) is 1. The number of rotatable bonds is 9. The highest BCUT2D eigenvalue weighted by molar-refractivity contribution is 6.05. The molecule has 190 valence electrons. The van der Waals surface area contributed by atoms with E-state index in [4.69, 9.17) is 4.74 Å². The first-order valence-electron chi connectivity index (χ1n) is 13.0. The average molecular weight is 484 g/mol. The summed E-state index contributed by atoms with van der Waals surface area (Å²) in [6.45, 7) is 4.24. The number of aliphatic hydroxyl groups excluding tert-OH is 1. The van der Waals surface area contributed by atoms with E-state index in [0.717, 1.165) is 57.2 Å². The molecule has 1 amide bonds. The van der Waals surface area contributed by atoms with Crippen LogP contribution in [0.4, 0.5) is 15.8 Å². The SMILES string of the molecule is CCCCOc1ccc(C(=O)N(C)c2ccc(N3CCC(NC4CCCCC4O)C3)c(F)c2)cc1. The minimum atomic E-state index is -0.333. The summed E-state index contributed by atoms with van der Waals surface area (Å²) in [5.74, 6) is 0.207. The molecule has 1 saturated carbocycles. The zero-order valence-corrected chi connectivity index (χ0v) is 20.9. The molecule has 1 heterocycles. The van der Waals surface area contributed by atoms with E-state index in [0.29, 0.717) is 30.1 Å². The van der Waals surface area contributed by atoms with Gasteiger partial charge in [-0.15, -0.1) is 0 Å². The van der Waals surface area contributed by atoms with Gasteiger partial charge >= 0.3 is 0 Å². The molecule has 2 aromatic rings. The Balaban J connectivity index is 1.35. The summed E-state index contributed by atoms with van der Waals surface area (Å²) in [5, 5.41) is 13.8. The van der Waals surface area contributed by atoms with Gasteiger partial charge in [0.2, 0.25) is 0 Å². The first-order chi connectivity index (χ1) is 17.0. The molecular formula is C28H38FN3O3. The molecule has 2 aliphatic rings. The molecule has 0 radical (unpaired) electrons. The minimum Gasteiger partial charge on any atom is -0.494 e. The topological polar surface area (TPSA) is 65.0 Å². The second kappa shape index (κ2) is 11.9. The first-order valence-corrected chi connectivity index (χ1v) is 13.0. The van der Waals surface area contributed by atoms with Crippen LogP contribution in [0, 0.1) is 5.82 Å². The second-order valence-corrected chi connectivity index (χ2v) is 9.78. The summed E-state index contributed by atoms with van der Waals surface area (Å²) in [4.78, 5) is 16.5. The number of ether oxygens (including phenoxy) is 1.